The summed E-state index contributed by atoms with van der Waals surface area (Å²) in [6, 6.07) is 12.9. The topological polar surface area (TPSA) is 25.2 Å². The second-order valence-corrected chi connectivity index (χ2v) is 6.40. The standard InChI is InChI=1S/C17H19NOS/c1-4-18-16(15-9-8-12(3)20-15)14-10-13-7-5-6-11(2)17(13)19-14/h5-10,16,18H,4H2,1-3H3. The fourth-order valence-corrected chi connectivity index (χ4v) is 3.49. The molecule has 0 fully saturated rings. The molecule has 104 valence electrons. The van der Waals surface area contributed by atoms with Gasteiger partial charge in [-0.25, -0.2) is 0 Å². The molecule has 0 aliphatic carbocycles. The van der Waals surface area contributed by atoms with E-state index in [1.165, 1.54) is 20.7 Å². The van der Waals surface area contributed by atoms with Gasteiger partial charge in [0.05, 0.1) is 0 Å². The summed E-state index contributed by atoms with van der Waals surface area (Å²) in [5.41, 5.74) is 2.19. The Bertz CT molecular complexity index is 726. The molecule has 0 aliphatic rings. The van der Waals surface area contributed by atoms with Crippen LogP contribution in [0, 0.1) is 13.8 Å². The molecule has 3 aromatic rings. The molecule has 1 N–H and O–H groups in total. The monoisotopic (exact) mass is 285 g/mol. The predicted molar refractivity (Wildman–Crippen MR) is 85.5 cm³/mol. The Balaban J connectivity index is 2.07. The minimum atomic E-state index is 0.144. The lowest BCUT2D eigenvalue weighted by Crippen LogP contribution is -2.20. The van der Waals surface area contributed by atoms with Gasteiger partial charge in [0.2, 0.25) is 0 Å². The summed E-state index contributed by atoms with van der Waals surface area (Å²) in [6.45, 7) is 7.27. The van der Waals surface area contributed by atoms with Crippen molar-refractivity contribution in [3.05, 3.63) is 57.5 Å². The fraction of sp³-hybridized carbons (Fsp3) is 0.294. The first-order chi connectivity index (χ1) is 9.69. The second kappa shape index (κ2) is 5.43. The number of thiophene rings is 1. The molecule has 0 radical (unpaired) electrons. The molecule has 0 spiro atoms. The molecule has 1 atom stereocenters. The van der Waals surface area contributed by atoms with Crippen molar-refractivity contribution in [1.82, 2.24) is 5.32 Å². The Morgan fingerprint density at radius 3 is 2.70 bits per heavy atom. The van der Waals surface area contributed by atoms with Crippen LogP contribution in [-0.4, -0.2) is 6.54 Å². The maximum atomic E-state index is 6.12. The van der Waals surface area contributed by atoms with Gasteiger partial charge in [-0.3, -0.25) is 0 Å². The van der Waals surface area contributed by atoms with E-state index in [0.717, 1.165) is 17.9 Å². The van der Waals surface area contributed by atoms with Crippen molar-refractivity contribution >= 4 is 22.3 Å². The lowest BCUT2D eigenvalue weighted by Gasteiger charge is -2.13. The van der Waals surface area contributed by atoms with Crippen molar-refractivity contribution in [2.75, 3.05) is 6.54 Å². The molecule has 0 saturated heterocycles. The van der Waals surface area contributed by atoms with Crippen LogP contribution in [0.4, 0.5) is 0 Å². The second-order valence-electron chi connectivity index (χ2n) is 5.08. The van der Waals surface area contributed by atoms with Crippen LogP contribution in [0.15, 0.2) is 40.8 Å². The summed E-state index contributed by atoms with van der Waals surface area (Å²) in [5, 5.41) is 4.70. The molecule has 3 heteroatoms. The van der Waals surface area contributed by atoms with Gasteiger partial charge in [0.1, 0.15) is 17.4 Å². The van der Waals surface area contributed by atoms with Crippen molar-refractivity contribution in [2.45, 2.75) is 26.8 Å². The Morgan fingerprint density at radius 1 is 1.20 bits per heavy atom. The van der Waals surface area contributed by atoms with Gasteiger partial charge in [0.15, 0.2) is 0 Å². The first kappa shape index (κ1) is 13.4. The molecule has 0 bridgehead atoms. The van der Waals surface area contributed by atoms with Crippen molar-refractivity contribution in [3.63, 3.8) is 0 Å². The predicted octanol–water partition coefficient (Wildman–Crippen LogP) is 4.81. The van der Waals surface area contributed by atoms with Gasteiger partial charge in [0.25, 0.3) is 0 Å². The lowest BCUT2D eigenvalue weighted by atomic mass is 10.1. The summed E-state index contributed by atoms with van der Waals surface area (Å²) in [4.78, 5) is 2.64. The average Bonchev–Trinajstić information content (AvgIpc) is 3.03. The van der Waals surface area contributed by atoms with E-state index in [-0.39, 0.29) is 6.04 Å². The molecule has 0 amide bonds. The summed E-state index contributed by atoms with van der Waals surface area (Å²) in [6.07, 6.45) is 0. The first-order valence-corrected chi connectivity index (χ1v) is 7.79. The zero-order chi connectivity index (χ0) is 14.1. The van der Waals surface area contributed by atoms with E-state index in [1.807, 2.05) is 11.3 Å². The average molecular weight is 285 g/mol. The molecule has 0 saturated carbocycles. The zero-order valence-corrected chi connectivity index (χ0v) is 12.9. The van der Waals surface area contributed by atoms with Crippen LogP contribution in [0.5, 0.6) is 0 Å². The van der Waals surface area contributed by atoms with E-state index >= 15 is 0 Å². The number of hydrogen-bond acceptors (Lipinski definition) is 3. The number of nitrogens with one attached hydrogen (secondary N) is 1. The quantitative estimate of drug-likeness (QED) is 0.744. The lowest BCUT2D eigenvalue weighted by molar-refractivity contribution is 0.480. The smallest absolute Gasteiger partial charge is 0.137 e. The van der Waals surface area contributed by atoms with Gasteiger partial charge in [-0.2, -0.15) is 0 Å². The van der Waals surface area contributed by atoms with Crippen LogP contribution in [-0.2, 0) is 0 Å². The number of fused-ring (bicyclic) bond motifs is 1. The maximum Gasteiger partial charge on any atom is 0.137 e. The van der Waals surface area contributed by atoms with Crippen LogP contribution < -0.4 is 5.32 Å². The molecular formula is C17H19NOS. The van der Waals surface area contributed by atoms with E-state index in [1.54, 1.807) is 0 Å². The highest BCUT2D eigenvalue weighted by Crippen LogP contribution is 2.32. The summed E-state index contributed by atoms with van der Waals surface area (Å²) in [7, 11) is 0. The number of para-hydroxylation sites is 1. The van der Waals surface area contributed by atoms with E-state index in [0.29, 0.717) is 0 Å². The Morgan fingerprint density at radius 2 is 2.05 bits per heavy atom. The van der Waals surface area contributed by atoms with Crippen LogP contribution in [0.2, 0.25) is 0 Å². The molecular weight excluding hydrogens is 266 g/mol. The maximum absolute atomic E-state index is 6.12. The molecule has 1 aromatic carbocycles. The third kappa shape index (κ3) is 2.39. The van der Waals surface area contributed by atoms with E-state index < -0.39 is 0 Å². The number of benzene rings is 1. The van der Waals surface area contributed by atoms with Gasteiger partial charge in [0, 0.05) is 15.1 Å². The third-order valence-corrected chi connectivity index (χ3v) is 4.56. The van der Waals surface area contributed by atoms with Crippen molar-refractivity contribution in [1.29, 1.82) is 0 Å². The van der Waals surface area contributed by atoms with E-state index in [9.17, 15) is 0 Å². The largest absolute Gasteiger partial charge is 0.459 e. The van der Waals surface area contributed by atoms with Crippen LogP contribution >= 0.6 is 11.3 Å². The highest BCUT2D eigenvalue weighted by Gasteiger charge is 2.19. The van der Waals surface area contributed by atoms with Crippen LogP contribution in [0.1, 0.15) is 34.0 Å². The molecule has 0 aliphatic heterocycles. The number of rotatable bonds is 4. The van der Waals surface area contributed by atoms with E-state index in [4.69, 9.17) is 4.42 Å². The van der Waals surface area contributed by atoms with Crippen LogP contribution in [0.3, 0.4) is 0 Å². The Labute approximate surface area is 123 Å². The molecule has 2 nitrogen and oxygen atoms in total. The zero-order valence-electron chi connectivity index (χ0n) is 12.1. The van der Waals surface area contributed by atoms with Crippen molar-refractivity contribution in [2.24, 2.45) is 0 Å². The number of aryl methyl sites for hydroxylation is 2. The first-order valence-electron chi connectivity index (χ1n) is 6.98. The Hall–Kier alpha value is -1.58. The van der Waals surface area contributed by atoms with Crippen molar-refractivity contribution < 1.29 is 4.42 Å². The van der Waals surface area contributed by atoms with Gasteiger partial charge in [-0.05, 0) is 44.2 Å². The fourth-order valence-electron chi connectivity index (χ4n) is 2.53. The molecule has 3 rings (SSSR count). The Kier molecular flexibility index (Phi) is 3.64. The van der Waals surface area contributed by atoms with Gasteiger partial charge in [-0.1, -0.05) is 25.1 Å². The summed E-state index contributed by atoms with van der Waals surface area (Å²) >= 11 is 1.82. The summed E-state index contributed by atoms with van der Waals surface area (Å²) in [5.74, 6) is 0.998. The minimum Gasteiger partial charge on any atom is -0.459 e. The van der Waals surface area contributed by atoms with E-state index in [2.05, 4.69) is 62.5 Å². The number of furan rings is 1. The van der Waals surface area contributed by atoms with Gasteiger partial charge in [-0.15, -0.1) is 11.3 Å². The number of hydrogen-bond donors (Lipinski definition) is 1. The normalized spacial score (nSPS) is 12.9. The SMILES string of the molecule is CCNC(c1cc2cccc(C)c2o1)c1ccc(C)s1. The minimum absolute atomic E-state index is 0.144. The molecule has 1 unspecified atom stereocenters. The summed E-state index contributed by atoms with van der Waals surface area (Å²) < 4.78 is 6.12. The van der Waals surface area contributed by atoms with Crippen LogP contribution in [0.25, 0.3) is 11.0 Å². The molecule has 20 heavy (non-hydrogen) atoms. The highest BCUT2D eigenvalue weighted by molar-refractivity contribution is 7.12. The van der Waals surface area contributed by atoms with Gasteiger partial charge >= 0.3 is 0 Å². The molecule has 2 heterocycles. The highest BCUT2D eigenvalue weighted by atomic mass is 32.1. The third-order valence-electron chi connectivity index (χ3n) is 3.50. The molecule has 2 aromatic heterocycles. The van der Waals surface area contributed by atoms with Gasteiger partial charge < -0.3 is 9.73 Å². The van der Waals surface area contributed by atoms with Crippen molar-refractivity contribution in [3.8, 4) is 0 Å².